The first-order valence-corrected chi connectivity index (χ1v) is 4.52. The second kappa shape index (κ2) is 29.4. The van der Waals surface area contributed by atoms with Crippen molar-refractivity contribution in [2.24, 2.45) is 17.2 Å². The molecule has 0 rings (SSSR count). The Morgan fingerprint density at radius 3 is 1.12 bits per heavy atom. The summed E-state index contributed by atoms with van der Waals surface area (Å²) in [5.41, 5.74) is 40.6. The molecule has 0 aromatic rings. The van der Waals surface area contributed by atoms with Gasteiger partial charge in [-0.25, -0.2) is 0 Å². The predicted octanol–water partition coefficient (Wildman–Crippen LogP) is -0.0871. The van der Waals surface area contributed by atoms with Crippen molar-refractivity contribution in [2.75, 3.05) is 39.3 Å². The SMILES string of the molecule is NCCN(CCN)CCN.[Co].[N-]=[N+]=N.[N-]=[N+]=N. The summed E-state index contributed by atoms with van der Waals surface area (Å²) in [5, 5.41) is 0. The van der Waals surface area contributed by atoms with Crippen LogP contribution in [0.15, 0.2) is 0 Å². The van der Waals surface area contributed by atoms with Gasteiger partial charge in [-0.3, -0.25) is 4.90 Å². The zero-order chi connectivity index (χ0) is 13.2. The Hall–Kier alpha value is -1.03. The summed E-state index contributed by atoms with van der Waals surface area (Å²) in [4.78, 5) is 5.67. The Balaban J connectivity index is -0.000000102. The minimum absolute atomic E-state index is 0. The van der Waals surface area contributed by atoms with E-state index in [0.29, 0.717) is 19.6 Å². The molecule has 0 unspecified atom stereocenters. The Kier molecular flexibility index (Phi) is 43.2. The van der Waals surface area contributed by atoms with Gasteiger partial charge in [-0.1, -0.05) is 0 Å². The maximum Gasteiger partial charge on any atom is 0.0106 e. The Bertz CT molecular complexity index is 159. The minimum atomic E-state index is 0. The van der Waals surface area contributed by atoms with Crippen molar-refractivity contribution >= 4 is 0 Å². The standard InChI is InChI=1S/C6H18N4.Co.2HN3/c7-1-4-10(5-2-8)6-3-9;;2*1-3-2/h1-9H2;;2*1H. The van der Waals surface area contributed by atoms with Crippen molar-refractivity contribution in [2.45, 2.75) is 0 Å². The number of hydrogen-bond donors (Lipinski definition) is 5. The molecule has 0 aromatic heterocycles. The number of nitrogens with one attached hydrogen (secondary N) is 2. The zero-order valence-electron chi connectivity index (χ0n) is 9.54. The van der Waals surface area contributed by atoms with Gasteiger partial charge in [0.25, 0.3) is 0 Å². The molecule has 0 amide bonds. The molecular formula is C6H20CoN10. The van der Waals surface area contributed by atoms with Crippen LogP contribution in [0.25, 0.3) is 20.9 Å². The van der Waals surface area contributed by atoms with Crippen LogP contribution in [0.4, 0.5) is 0 Å². The van der Waals surface area contributed by atoms with E-state index in [1.165, 1.54) is 0 Å². The van der Waals surface area contributed by atoms with E-state index in [-0.39, 0.29) is 16.8 Å². The van der Waals surface area contributed by atoms with Gasteiger partial charge in [-0.05, 0) is 20.9 Å². The molecule has 0 aliphatic heterocycles. The third-order valence-electron chi connectivity index (χ3n) is 1.34. The number of nitrogens with two attached hydrogens (primary N) is 3. The van der Waals surface area contributed by atoms with Gasteiger partial charge >= 0.3 is 0 Å². The summed E-state index contributed by atoms with van der Waals surface area (Å²) in [6.45, 7) is 4.73. The van der Waals surface area contributed by atoms with E-state index in [0.717, 1.165) is 19.6 Å². The molecule has 0 bridgehead atoms. The summed E-state index contributed by atoms with van der Waals surface area (Å²) in [6.07, 6.45) is 0. The maximum atomic E-state index is 6.86. The third-order valence-corrected chi connectivity index (χ3v) is 1.34. The van der Waals surface area contributed by atoms with Crippen LogP contribution in [-0.2, 0) is 16.8 Å². The normalized spacial score (nSPS) is 7.29. The van der Waals surface area contributed by atoms with E-state index < -0.39 is 0 Å². The van der Waals surface area contributed by atoms with Crippen LogP contribution in [0, 0.1) is 11.1 Å². The average Bonchev–Trinajstić information content (AvgIpc) is 2.21. The van der Waals surface area contributed by atoms with Crippen LogP contribution in [0.3, 0.4) is 0 Å². The van der Waals surface area contributed by atoms with Crippen LogP contribution in [0.2, 0.25) is 0 Å². The molecule has 1 radical (unpaired) electrons. The summed E-state index contributed by atoms with van der Waals surface area (Å²) in [6, 6.07) is 0. The molecule has 10 nitrogen and oxygen atoms in total. The van der Waals surface area contributed by atoms with Gasteiger partial charge in [0.15, 0.2) is 0 Å². The number of hydrogen-bond acceptors (Lipinski definition) is 6. The van der Waals surface area contributed by atoms with Crippen molar-refractivity contribution in [1.82, 2.24) is 4.90 Å². The van der Waals surface area contributed by atoms with Gasteiger partial charge in [0, 0.05) is 56.0 Å². The first kappa shape index (κ1) is 25.0. The van der Waals surface area contributed by atoms with Gasteiger partial charge in [-0.2, -0.15) is 0 Å². The van der Waals surface area contributed by atoms with Crippen molar-refractivity contribution in [1.29, 1.82) is 11.1 Å². The molecule has 0 saturated carbocycles. The van der Waals surface area contributed by atoms with Crippen LogP contribution < -0.4 is 17.2 Å². The fraction of sp³-hybridized carbons (Fsp3) is 1.00. The van der Waals surface area contributed by atoms with Gasteiger partial charge < -0.3 is 17.2 Å². The summed E-state index contributed by atoms with van der Waals surface area (Å²) in [5.74, 6) is 0. The fourth-order valence-electron chi connectivity index (χ4n) is 0.883. The van der Waals surface area contributed by atoms with Gasteiger partial charge in [0.1, 0.15) is 0 Å². The minimum Gasteiger partial charge on any atom is -0.329 e. The second-order valence-electron chi connectivity index (χ2n) is 2.41. The summed E-state index contributed by atoms with van der Waals surface area (Å²) < 4.78 is 0. The molecule has 0 aliphatic carbocycles. The monoisotopic (exact) mass is 291 g/mol. The smallest absolute Gasteiger partial charge is 0.0106 e. The van der Waals surface area contributed by atoms with E-state index in [1.54, 1.807) is 9.82 Å². The second-order valence-corrected chi connectivity index (χ2v) is 2.41. The van der Waals surface area contributed by atoms with Crippen molar-refractivity contribution in [3.8, 4) is 0 Å². The van der Waals surface area contributed by atoms with Crippen LogP contribution in [-0.4, -0.2) is 44.2 Å². The molecule has 0 saturated heterocycles. The first-order chi connectivity index (χ1) is 7.67. The van der Waals surface area contributed by atoms with Crippen LogP contribution in [0.1, 0.15) is 0 Å². The van der Waals surface area contributed by atoms with Gasteiger partial charge in [-0.15, -0.1) is 11.1 Å². The Morgan fingerprint density at radius 2 is 1.00 bits per heavy atom. The van der Waals surface area contributed by atoms with Crippen molar-refractivity contribution < 1.29 is 16.8 Å². The number of rotatable bonds is 6. The summed E-state index contributed by atoms with van der Waals surface area (Å²) in [7, 11) is 0. The Labute approximate surface area is 111 Å². The van der Waals surface area contributed by atoms with E-state index in [1.807, 2.05) is 0 Å². The van der Waals surface area contributed by atoms with Gasteiger partial charge in [0.05, 0.1) is 0 Å². The van der Waals surface area contributed by atoms with E-state index in [2.05, 4.69) is 4.90 Å². The molecule has 0 spiro atoms. The van der Waals surface area contributed by atoms with Crippen LogP contribution >= 0.6 is 0 Å². The molecule has 0 aromatic carbocycles. The molecule has 0 atom stereocenters. The molecule has 103 valence electrons. The van der Waals surface area contributed by atoms with Gasteiger partial charge in [0.2, 0.25) is 0 Å². The third kappa shape index (κ3) is 39.6. The average molecular weight is 291 g/mol. The summed E-state index contributed by atoms with van der Waals surface area (Å²) >= 11 is 0. The molecule has 17 heavy (non-hydrogen) atoms. The molecule has 11 heteroatoms. The van der Waals surface area contributed by atoms with Crippen LogP contribution in [0.5, 0.6) is 0 Å². The molecular weight excluding hydrogens is 271 g/mol. The fourth-order valence-corrected chi connectivity index (χ4v) is 0.883. The molecule has 8 N–H and O–H groups in total. The topological polar surface area (TPSA) is 202 Å². The first-order valence-electron chi connectivity index (χ1n) is 4.52. The van der Waals surface area contributed by atoms with Crippen molar-refractivity contribution in [3.63, 3.8) is 0 Å². The van der Waals surface area contributed by atoms with E-state index in [9.17, 15) is 0 Å². The van der Waals surface area contributed by atoms with E-state index >= 15 is 0 Å². The van der Waals surface area contributed by atoms with Crippen molar-refractivity contribution in [3.05, 3.63) is 20.9 Å². The quantitative estimate of drug-likeness (QED) is 0.258. The molecule has 0 heterocycles. The zero-order valence-corrected chi connectivity index (χ0v) is 10.6. The Morgan fingerprint density at radius 1 is 0.824 bits per heavy atom. The predicted molar refractivity (Wildman–Crippen MR) is 62.5 cm³/mol. The maximum absolute atomic E-state index is 6.86. The van der Waals surface area contributed by atoms with E-state index in [4.69, 9.17) is 39.3 Å². The largest absolute Gasteiger partial charge is 0.329 e. The number of nitrogens with zero attached hydrogens (tertiary/aromatic N) is 5. The molecule has 0 fully saturated rings. The molecule has 0 aliphatic rings.